The highest BCUT2D eigenvalue weighted by molar-refractivity contribution is 6.33. The number of amides is 1. The van der Waals surface area contributed by atoms with Gasteiger partial charge in [-0.3, -0.25) is 4.79 Å². The molecular weight excluding hydrogens is 506 g/mol. The fourth-order valence-corrected chi connectivity index (χ4v) is 4.71. The van der Waals surface area contributed by atoms with Crippen molar-refractivity contribution in [3.63, 3.8) is 0 Å². The van der Waals surface area contributed by atoms with E-state index in [1.807, 2.05) is 55.5 Å². The summed E-state index contributed by atoms with van der Waals surface area (Å²) >= 11 is 6.46. The predicted molar refractivity (Wildman–Crippen MR) is 146 cm³/mol. The second kappa shape index (κ2) is 10.5. The summed E-state index contributed by atoms with van der Waals surface area (Å²) in [6, 6.07) is 19.5. The van der Waals surface area contributed by atoms with Gasteiger partial charge in [0, 0.05) is 16.9 Å². The molecule has 9 nitrogen and oxygen atoms in total. The van der Waals surface area contributed by atoms with Gasteiger partial charge in [-0.2, -0.15) is 4.98 Å². The Morgan fingerprint density at radius 2 is 1.63 bits per heavy atom. The highest BCUT2D eigenvalue weighted by Gasteiger charge is 2.36. The highest BCUT2D eigenvalue weighted by Crippen LogP contribution is 2.44. The molecule has 10 heteroatoms. The van der Waals surface area contributed by atoms with Crippen molar-refractivity contribution >= 4 is 29.1 Å². The average Bonchev–Trinajstić information content (AvgIpc) is 3.35. The zero-order valence-corrected chi connectivity index (χ0v) is 22.0. The van der Waals surface area contributed by atoms with Crippen LogP contribution in [-0.4, -0.2) is 42.0 Å². The summed E-state index contributed by atoms with van der Waals surface area (Å²) in [5.41, 5.74) is 3.11. The van der Waals surface area contributed by atoms with Crippen molar-refractivity contribution in [2.45, 2.75) is 13.0 Å². The summed E-state index contributed by atoms with van der Waals surface area (Å²) in [5.74, 6) is 1.95. The van der Waals surface area contributed by atoms with E-state index in [4.69, 9.17) is 35.9 Å². The van der Waals surface area contributed by atoms with Gasteiger partial charge in [-0.1, -0.05) is 41.9 Å². The van der Waals surface area contributed by atoms with Crippen LogP contribution >= 0.6 is 11.6 Å². The molecule has 194 valence electrons. The molecule has 2 heterocycles. The average molecular weight is 532 g/mol. The molecule has 3 aromatic carbocycles. The van der Waals surface area contributed by atoms with Gasteiger partial charge in [0.2, 0.25) is 11.7 Å². The van der Waals surface area contributed by atoms with E-state index in [0.29, 0.717) is 62.1 Å². The number of rotatable bonds is 7. The minimum atomic E-state index is -0.674. The van der Waals surface area contributed by atoms with Gasteiger partial charge >= 0.3 is 0 Å². The van der Waals surface area contributed by atoms with Crippen LogP contribution in [0.1, 0.15) is 18.5 Å². The van der Waals surface area contributed by atoms with E-state index < -0.39 is 6.04 Å². The molecule has 1 aliphatic heterocycles. The van der Waals surface area contributed by atoms with Crippen LogP contribution in [0.5, 0.6) is 17.2 Å². The lowest BCUT2D eigenvalue weighted by Crippen LogP contribution is -2.31. The number of allylic oxidation sites excluding steroid dienone is 1. The molecule has 1 unspecified atom stereocenters. The van der Waals surface area contributed by atoms with E-state index in [1.165, 1.54) is 0 Å². The van der Waals surface area contributed by atoms with E-state index in [1.54, 1.807) is 44.2 Å². The third kappa shape index (κ3) is 4.52. The molecule has 0 bridgehead atoms. The predicted octanol–water partition coefficient (Wildman–Crippen LogP) is 5.55. The van der Waals surface area contributed by atoms with Crippen molar-refractivity contribution in [1.29, 1.82) is 0 Å². The first-order valence-corrected chi connectivity index (χ1v) is 12.2. The lowest BCUT2D eigenvalue weighted by Gasteiger charge is -2.29. The molecule has 0 aliphatic carbocycles. The van der Waals surface area contributed by atoms with Crippen LogP contribution in [0.3, 0.4) is 0 Å². The first-order chi connectivity index (χ1) is 18.4. The Hall–Kier alpha value is -4.50. The summed E-state index contributed by atoms with van der Waals surface area (Å²) in [5, 5.41) is 11.6. The molecule has 0 saturated heterocycles. The number of nitrogens with zero attached hydrogens (tertiary/aromatic N) is 3. The molecule has 5 rings (SSSR count). The standard InChI is InChI=1S/C28H26ClN5O4/c1-16-23(27(35)31-18-10-6-5-7-11-18)24(17-14-21(36-2)25(38-4)22(15-17)37-3)34-28(30-16)32-26(33-34)19-12-8-9-13-20(19)29/h5-15,24H,1-4H3,(H,31,35)(H,30,32,33). The number of hydrogen-bond donors (Lipinski definition) is 2. The number of anilines is 2. The van der Waals surface area contributed by atoms with Crippen molar-refractivity contribution < 1.29 is 19.0 Å². The molecule has 0 saturated carbocycles. The molecule has 4 aromatic rings. The second-order valence-electron chi connectivity index (χ2n) is 8.53. The number of nitrogens with one attached hydrogen (secondary N) is 2. The highest BCUT2D eigenvalue weighted by atomic mass is 35.5. The van der Waals surface area contributed by atoms with Gasteiger partial charge in [0.15, 0.2) is 17.3 Å². The Balaban J connectivity index is 1.69. The van der Waals surface area contributed by atoms with Crippen LogP contribution in [0.25, 0.3) is 11.4 Å². The van der Waals surface area contributed by atoms with E-state index in [0.717, 1.165) is 0 Å². The number of para-hydroxylation sites is 1. The van der Waals surface area contributed by atoms with E-state index in [2.05, 4.69) is 10.6 Å². The van der Waals surface area contributed by atoms with Gasteiger partial charge in [-0.15, -0.1) is 5.10 Å². The van der Waals surface area contributed by atoms with Gasteiger partial charge < -0.3 is 24.8 Å². The van der Waals surface area contributed by atoms with Crippen LogP contribution in [0.15, 0.2) is 78.0 Å². The molecule has 1 aliphatic rings. The van der Waals surface area contributed by atoms with Crippen molar-refractivity contribution in [1.82, 2.24) is 14.8 Å². The summed E-state index contributed by atoms with van der Waals surface area (Å²) in [6.07, 6.45) is 0. The number of hydrogen-bond acceptors (Lipinski definition) is 7. The largest absolute Gasteiger partial charge is 0.493 e. The van der Waals surface area contributed by atoms with Gasteiger partial charge in [-0.05, 0) is 48.9 Å². The van der Waals surface area contributed by atoms with Crippen LogP contribution in [0.2, 0.25) is 5.02 Å². The lowest BCUT2D eigenvalue weighted by atomic mass is 9.94. The quantitative estimate of drug-likeness (QED) is 0.322. The van der Waals surface area contributed by atoms with Crippen LogP contribution in [0, 0.1) is 0 Å². The SMILES string of the molecule is COc1cc(C2C(C(=O)Nc3ccccc3)=C(C)Nc3nc(-c4ccccc4Cl)nn32)cc(OC)c1OC. The number of carbonyl (C=O) groups is 1. The van der Waals surface area contributed by atoms with Gasteiger partial charge in [0.05, 0.1) is 31.9 Å². The number of halogens is 1. The minimum absolute atomic E-state index is 0.291. The van der Waals surface area contributed by atoms with Crippen molar-refractivity contribution in [2.24, 2.45) is 0 Å². The molecule has 0 fully saturated rings. The molecule has 0 radical (unpaired) electrons. The molecule has 1 aromatic heterocycles. The zero-order chi connectivity index (χ0) is 26.8. The van der Waals surface area contributed by atoms with Crippen molar-refractivity contribution in [3.05, 3.63) is 88.6 Å². The lowest BCUT2D eigenvalue weighted by molar-refractivity contribution is -0.113. The molecule has 1 atom stereocenters. The van der Waals surface area contributed by atoms with E-state index in [-0.39, 0.29) is 5.91 Å². The van der Waals surface area contributed by atoms with E-state index >= 15 is 0 Å². The first kappa shape index (κ1) is 25.2. The fraction of sp³-hybridized carbons (Fsp3) is 0.179. The van der Waals surface area contributed by atoms with E-state index in [9.17, 15) is 4.79 Å². The number of methoxy groups -OCH3 is 3. The molecule has 1 amide bonds. The van der Waals surface area contributed by atoms with Gasteiger partial charge in [0.25, 0.3) is 5.91 Å². The Kier molecular flexibility index (Phi) is 6.93. The molecule has 2 N–H and O–H groups in total. The Morgan fingerprint density at radius 3 is 2.26 bits per heavy atom. The summed E-state index contributed by atoms with van der Waals surface area (Å²) < 4.78 is 18.4. The third-order valence-electron chi connectivity index (χ3n) is 6.25. The minimum Gasteiger partial charge on any atom is -0.493 e. The fourth-order valence-electron chi connectivity index (χ4n) is 4.49. The number of fused-ring (bicyclic) bond motifs is 1. The third-order valence-corrected chi connectivity index (χ3v) is 6.58. The number of carbonyl (C=O) groups excluding carboxylic acids is 1. The Morgan fingerprint density at radius 1 is 0.974 bits per heavy atom. The van der Waals surface area contributed by atoms with Gasteiger partial charge in [-0.25, -0.2) is 4.68 Å². The van der Waals surface area contributed by atoms with Crippen molar-refractivity contribution in [3.8, 4) is 28.6 Å². The monoisotopic (exact) mass is 531 g/mol. The summed E-state index contributed by atoms with van der Waals surface area (Å²) in [6.45, 7) is 1.83. The van der Waals surface area contributed by atoms with Crippen LogP contribution in [0.4, 0.5) is 11.6 Å². The van der Waals surface area contributed by atoms with Gasteiger partial charge in [0.1, 0.15) is 6.04 Å². The first-order valence-electron chi connectivity index (χ1n) is 11.8. The number of aromatic nitrogens is 3. The Bertz CT molecular complexity index is 1510. The van der Waals surface area contributed by atoms with Crippen LogP contribution in [-0.2, 0) is 4.79 Å². The number of ether oxygens (including phenoxy) is 3. The normalized spacial score (nSPS) is 14.4. The smallest absolute Gasteiger partial charge is 0.255 e. The maximum Gasteiger partial charge on any atom is 0.255 e. The second-order valence-corrected chi connectivity index (χ2v) is 8.94. The van der Waals surface area contributed by atoms with Crippen molar-refractivity contribution in [2.75, 3.05) is 32.0 Å². The molecule has 38 heavy (non-hydrogen) atoms. The molecular formula is C28H26ClN5O4. The zero-order valence-electron chi connectivity index (χ0n) is 21.3. The Labute approximate surface area is 225 Å². The molecule has 0 spiro atoms. The van der Waals surface area contributed by atoms with Crippen LogP contribution < -0.4 is 24.8 Å². The number of benzene rings is 3. The summed E-state index contributed by atoms with van der Waals surface area (Å²) in [7, 11) is 4.63. The maximum absolute atomic E-state index is 13.8. The topological polar surface area (TPSA) is 99.5 Å². The summed E-state index contributed by atoms with van der Waals surface area (Å²) in [4.78, 5) is 18.5. The maximum atomic E-state index is 13.8.